The van der Waals surface area contributed by atoms with Crippen molar-refractivity contribution < 1.29 is 4.79 Å². The Morgan fingerprint density at radius 2 is 1.81 bits per heavy atom. The van der Waals surface area contributed by atoms with Gasteiger partial charge in [-0.25, -0.2) is 9.78 Å². The number of benzene rings is 2. The van der Waals surface area contributed by atoms with E-state index < -0.39 is 5.69 Å². The van der Waals surface area contributed by atoms with E-state index in [-0.39, 0.29) is 18.5 Å². The number of nitrogens with one attached hydrogen (secondary N) is 1. The van der Waals surface area contributed by atoms with Crippen LogP contribution in [0.4, 0.5) is 0 Å². The molecule has 3 aromatic rings. The van der Waals surface area contributed by atoms with E-state index in [0.29, 0.717) is 11.4 Å². The molecule has 0 saturated heterocycles. The number of carbonyl (C=O) groups is 1. The Morgan fingerprint density at radius 1 is 1.08 bits per heavy atom. The van der Waals surface area contributed by atoms with E-state index in [9.17, 15) is 9.59 Å². The first kappa shape index (κ1) is 17.9. The molecule has 1 amide bonds. The van der Waals surface area contributed by atoms with Crippen LogP contribution in [0.15, 0.2) is 77.9 Å². The summed E-state index contributed by atoms with van der Waals surface area (Å²) in [7, 11) is 0. The summed E-state index contributed by atoms with van der Waals surface area (Å²) in [5.74, 6) is -0.247. The maximum atomic E-state index is 12.5. The number of halogens is 1. The lowest BCUT2D eigenvalue weighted by Gasteiger charge is -2.20. The molecule has 0 aliphatic heterocycles. The standard InChI is InChI=1S/C20H18ClN3O2/c21-17-9-7-15(8-10-17)13-18(16-5-2-1-3-6-16)23-19(25)14-24-12-4-11-22-20(24)26/h1-12,18H,13-14H2,(H,23,25)/t18-/m0/s1. The second kappa shape index (κ2) is 8.45. The summed E-state index contributed by atoms with van der Waals surface area (Å²) in [6, 6.07) is 18.7. The second-order valence-electron chi connectivity index (χ2n) is 5.89. The molecule has 1 heterocycles. The number of rotatable bonds is 6. The molecule has 6 heteroatoms. The van der Waals surface area contributed by atoms with Gasteiger partial charge in [0.25, 0.3) is 0 Å². The van der Waals surface area contributed by atoms with E-state index in [0.717, 1.165) is 11.1 Å². The first-order chi connectivity index (χ1) is 12.6. The van der Waals surface area contributed by atoms with Gasteiger partial charge in [0.05, 0.1) is 6.04 Å². The van der Waals surface area contributed by atoms with E-state index in [1.165, 1.54) is 10.8 Å². The van der Waals surface area contributed by atoms with Gasteiger partial charge in [-0.2, -0.15) is 0 Å². The van der Waals surface area contributed by atoms with E-state index in [2.05, 4.69) is 10.3 Å². The average Bonchev–Trinajstić information content (AvgIpc) is 2.65. The fraction of sp³-hybridized carbons (Fsp3) is 0.150. The van der Waals surface area contributed by atoms with Crippen LogP contribution < -0.4 is 11.0 Å². The van der Waals surface area contributed by atoms with Gasteiger partial charge >= 0.3 is 5.69 Å². The summed E-state index contributed by atoms with van der Waals surface area (Å²) < 4.78 is 1.28. The molecule has 1 atom stereocenters. The largest absolute Gasteiger partial charge is 0.347 e. The van der Waals surface area contributed by atoms with Crippen molar-refractivity contribution in [3.05, 3.63) is 99.7 Å². The lowest BCUT2D eigenvalue weighted by atomic mass is 9.99. The number of amides is 1. The molecule has 3 rings (SSSR count). The molecular formula is C20H18ClN3O2. The van der Waals surface area contributed by atoms with Gasteiger partial charge in [0, 0.05) is 17.4 Å². The van der Waals surface area contributed by atoms with E-state index >= 15 is 0 Å². The number of nitrogens with zero attached hydrogens (tertiary/aromatic N) is 2. The van der Waals surface area contributed by atoms with Gasteiger partial charge in [-0.1, -0.05) is 54.1 Å². The fourth-order valence-corrected chi connectivity index (χ4v) is 2.82. The van der Waals surface area contributed by atoms with Gasteiger partial charge < -0.3 is 5.32 Å². The maximum absolute atomic E-state index is 12.5. The van der Waals surface area contributed by atoms with Crippen molar-refractivity contribution in [1.82, 2.24) is 14.9 Å². The molecule has 0 bridgehead atoms. The maximum Gasteiger partial charge on any atom is 0.347 e. The number of aromatic nitrogens is 2. The fourth-order valence-electron chi connectivity index (χ4n) is 2.70. The van der Waals surface area contributed by atoms with Gasteiger partial charge in [0.1, 0.15) is 6.54 Å². The highest BCUT2D eigenvalue weighted by Crippen LogP contribution is 2.20. The first-order valence-electron chi connectivity index (χ1n) is 8.22. The van der Waals surface area contributed by atoms with Crippen molar-refractivity contribution >= 4 is 17.5 Å². The van der Waals surface area contributed by atoms with Gasteiger partial charge in [-0.15, -0.1) is 0 Å². The van der Waals surface area contributed by atoms with Crippen LogP contribution in [0.3, 0.4) is 0 Å². The lowest BCUT2D eigenvalue weighted by Crippen LogP contribution is -2.35. The SMILES string of the molecule is O=C(Cn1cccnc1=O)N[C@@H](Cc1ccc(Cl)cc1)c1ccccc1. The van der Waals surface area contributed by atoms with Crippen LogP contribution in [-0.2, 0) is 17.8 Å². The molecular weight excluding hydrogens is 350 g/mol. The molecule has 132 valence electrons. The van der Waals surface area contributed by atoms with Crippen molar-refractivity contribution in [3.8, 4) is 0 Å². The Morgan fingerprint density at radius 3 is 2.50 bits per heavy atom. The summed E-state index contributed by atoms with van der Waals surface area (Å²) in [4.78, 5) is 27.8. The summed E-state index contributed by atoms with van der Waals surface area (Å²) in [5, 5.41) is 3.68. The number of hydrogen-bond donors (Lipinski definition) is 1. The third-order valence-corrected chi connectivity index (χ3v) is 4.24. The highest BCUT2D eigenvalue weighted by molar-refractivity contribution is 6.30. The predicted octanol–water partition coefficient (Wildman–Crippen LogP) is 3.00. The van der Waals surface area contributed by atoms with Gasteiger partial charge in [0.2, 0.25) is 5.91 Å². The average molecular weight is 368 g/mol. The minimum absolute atomic E-state index is 0.0728. The molecule has 26 heavy (non-hydrogen) atoms. The van der Waals surface area contributed by atoms with Gasteiger partial charge in [-0.3, -0.25) is 9.36 Å². The summed E-state index contributed by atoms with van der Waals surface area (Å²) >= 11 is 5.95. The van der Waals surface area contributed by atoms with Gasteiger partial charge in [0.15, 0.2) is 0 Å². The van der Waals surface area contributed by atoms with Crippen molar-refractivity contribution in [1.29, 1.82) is 0 Å². The molecule has 0 fully saturated rings. The Labute approximate surface area is 156 Å². The zero-order valence-corrected chi connectivity index (χ0v) is 14.8. The molecule has 1 N–H and O–H groups in total. The van der Waals surface area contributed by atoms with Crippen LogP contribution in [-0.4, -0.2) is 15.5 Å². The molecule has 0 saturated carbocycles. The molecule has 0 aliphatic rings. The van der Waals surface area contributed by atoms with Crippen LogP contribution in [0.1, 0.15) is 17.2 Å². The third-order valence-electron chi connectivity index (χ3n) is 3.99. The molecule has 0 aliphatic carbocycles. The quantitative estimate of drug-likeness (QED) is 0.728. The molecule has 0 unspecified atom stereocenters. The first-order valence-corrected chi connectivity index (χ1v) is 8.60. The molecule has 5 nitrogen and oxygen atoms in total. The van der Waals surface area contributed by atoms with Crippen molar-refractivity contribution in [2.75, 3.05) is 0 Å². The Hall–Kier alpha value is -2.92. The number of carbonyl (C=O) groups excluding carboxylic acids is 1. The Bertz CT molecular complexity index is 924. The van der Waals surface area contributed by atoms with Gasteiger partial charge in [-0.05, 0) is 35.7 Å². The highest BCUT2D eigenvalue weighted by atomic mass is 35.5. The molecule has 2 aromatic carbocycles. The molecule has 0 radical (unpaired) electrons. The minimum Gasteiger partial charge on any atom is -0.347 e. The molecule has 1 aromatic heterocycles. The van der Waals surface area contributed by atoms with E-state index in [1.807, 2.05) is 54.6 Å². The van der Waals surface area contributed by atoms with Crippen molar-refractivity contribution in [2.45, 2.75) is 19.0 Å². The second-order valence-corrected chi connectivity index (χ2v) is 6.33. The number of hydrogen-bond acceptors (Lipinski definition) is 3. The predicted molar refractivity (Wildman–Crippen MR) is 101 cm³/mol. The van der Waals surface area contributed by atoms with Crippen LogP contribution in [0.2, 0.25) is 5.02 Å². The Balaban J connectivity index is 1.77. The van der Waals surface area contributed by atoms with Crippen molar-refractivity contribution in [3.63, 3.8) is 0 Å². The smallest absolute Gasteiger partial charge is 0.347 e. The third kappa shape index (κ3) is 4.80. The molecule has 0 spiro atoms. The normalized spacial score (nSPS) is 11.7. The lowest BCUT2D eigenvalue weighted by molar-refractivity contribution is -0.122. The van der Waals surface area contributed by atoms with Crippen LogP contribution >= 0.6 is 11.6 Å². The Kier molecular flexibility index (Phi) is 5.81. The highest BCUT2D eigenvalue weighted by Gasteiger charge is 2.16. The van der Waals surface area contributed by atoms with Crippen LogP contribution in [0.25, 0.3) is 0 Å². The van der Waals surface area contributed by atoms with Crippen molar-refractivity contribution in [2.24, 2.45) is 0 Å². The van der Waals surface area contributed by atoms with Crippen LogP contribution in [0.5, 0.6) is 0 Å². The zero-order valence-electron chi connectivity index (χ0n) is 14.0. The summed E-state index contributed by atoms with van der Waals surface area (Å²) in [6.45, 7) is -0.0728. The minimum atomic E-state index is -0.448. The van der Waals surface area contributed by atoms with Crippen LogP contribution in [0, 0.1) is 0 Å². The summed E-state index contributed by atoms with van der Waals surface area (Å²) in [6.07, 6.45) is 3.57. The van der Waals surface area contributed by atoms with E-state index in [4.69, 9.17) is 11.6 Å². The summed E-state index contributed by atoms with van der Waals surface area (Å²) in [5.41, 5.74) is 1.60. The van der Waals surface area contributed by atoms with E-state index in [1.54, 1.807) is 12.3 Å². The topological polar surface area (TPSA) is 64.0 Å². The monoisotopic (exact) mass is 367 g/mol. The zero-order chi connectivity index (χ0) is 18.4.